The summed E-state index contributed by atoms with van der Waals surface area (Å²) in [5.41, 5.74) is 1.17. The number of carboxylic acid groups (broad SMARTS) is 1. The van der Waals surface area contributed by atoms with Crippen molar-refractivity contribution in [3.63, 3.8) is 0 Å². The molecule has 1 aromatic carbocycles. The predicted molar refractivity (Wildman–Crippen MR) is 117 cm³/mol. The van der Waals surface area contributed by atoms with Crippen molar-refractivity contribution in [3.05, 3.63) is 29.8 Å². The van der Waals surface area contributed by atoms with Gasteiger partial charge in [-0.1, -0.05) is 32.9 Å². The molecule has 0 heterocycles. The third kappa shape index (κ3) is 7.31. The summed E-state index contributed by atoms with van der Waals surface area (Å²) >= 11 is 0. The molecule has 2 rings (SSSR count). The minimum Gasteiger partial charge on any atom is -0.481 e. The Hall–Kier alpha value is -2.08. The van der Waals surface area contributed by atoms with Crippen molar-refractivity contribution in [2.75, 3.05) is 6.61 Å². The van der Waals surface area contributed by atoms with Gasteiger partial charge >= 0.3 is 5.97 Å². The van der Waals surface area contributed by atoms with Crippen LogP contribution in [0.4, 0.5) is 0 Å². The summed E-state index contributed by atoms with van der Waals surface area (Å²) in [6.45, 7) is 10.7. The van der Waals surface area contributed by atoms with Gasteiger partial charge in [0.25, 0.3) is 5.91 Å². The first kappa shape index (κ1) is 24.2. The van der Waals surface area contributed by atoms with Crippen LogP contribution < -0.4 is 10.1 Å². The Balaban J connectivity index is 1.82. The van der Waals surface area contributed by atoms with Crippen LogP contribution in [0.3, 0.4) is 0 Å². The van der Waals surface area contributed by atoms with E-state index in [1.54, 1.807) is 26.0 Å². The monoisotopic (exact) mass is 419 g/mol. The molecule has 0 saturated heterocycles. The number of nitrogens with one attached hydrogen (secondary N) is 1. The molecule has 1 fully saturated rings. The van der Waals surface area contributed by atoms with Gasteiger partial charge in [0.15, 0.2) is 12.2 Å². The fraction of sp³-hybridized carbons (Fsp3) is 0.667. The lowest BCUT2D eigenvalue weighted by atomic mass is 9.71. The van der Waals surface area contributed by atoms with Gasteiger partial charge in [-0.3, -0.25) is 4.79 Å². The summed E-state index contributed by atoms with van der Waals surface area (Å²) < 4.78 is 11.0. The molecule has 0 aromatic heterocycles. The molecule has 1 saturated carbocycles. The number of ether oxygens (including phenoxy) is 2. The number of carboxylic acids is 1. The fourth-order valence-corrected chi connectivity index (χ4v) is 4.02. The van der Waals surface area contributed by atoms with Gasteiger partial charge in [0, 0.05) is 19.1 Å². The Morgan fingerprint density at radius 3 is 2.23 bits per heavy atom. The van der Waals surface area contributed by atoms with Crippen LogP contribution in [-0.2, 0) is 20.7 Å². The molecule has 2 atom stereocenters. The molecular formula is C24H37NO5. The first-order valence-corrected chi connectivity index (χ1v) is 11.0. The van der Waals surface area contributed by atoms with E-state index >= 15 is 0 Å². The number of carbonyl (C=O) groups is 2. The Bertz CT molecular complexity index is 687. The number of amides is 1. The lowest BCUT2D eigenvalue weighted by molar-refractivity contribution is -0.150. The van der Waals surface area contributed by atoms with Crippen LogP contribution >= 0.6 is 0 Å². The van der Waals surface area contributed by atoms with Crippen molar-refractivity contribution in [2.45, 2.75) is 85.0 Å². The van der Waals surface area contributed by atoms with E-state index in [0.717, 1.165) is 31.2 Å². The van der Waals surface area contributed by atoms with E-state index in [-0.39, 0.29) is 18.4 Å². The molecule has 1 aliphatic carbocycles. The Labute approximate surface area is 180 Å². The highest BCUT2D eigenvalue weighted by atomic mass is 16.5. The van der Waals surface area contributed by atoms with Crippen molar-refractivity contribution >= 4 is 11.9 Å². The molecule has 0 radical (unpaired) electrons. The van der Waals surface area contributed by atoms with Crippen molar-refractivity contribution in [1.82, 2.24) is 5.32 Å². The second-order valence-electron chi connectivity index (χ2n) is 9.31. The molecule has 30 heavy (non-hydrogen) atoms. The van der Waals surface area contributed by atoms with Crippen molar-refractivity contribution in [3.8, 4) is 5.75 Å². The Morgan fingerprint density at radius 2 is 1.73 bits per heavy atom. The van der Waals surface area contributed by atoms with Gasteiger partial charge in [-0.15, -0.1) is 0 Å². The topological polar surface area (TPSA) is 84.9 Å². The smallest absolute Gasteiger partial charge is 0.333 e. The molecule has 1 amide bonds. The maximum Gasteiger partial charge on any atom is 0.333 e. The lowest BCUT2D eigenvalue weighted by Crippen LogP contribution is -2.44. The number of hydrogen-bond acceptors (Lipinski definition) is 4. The first-order valence-electron chi connectivity index (χ1n) is 11.0. The molecule has 1 aliphatic rings. The summed E-state index contributed by atoms with van der Waals surface area (Å²) in [5, 5.41) is 12.3. The average Bonchev–Trinajstić information content (AvgIpc) is 2.68. The largest absolute Gasteiger partial charge is 0.481 e. The quantitative estimate of drug-likeness (QED) is 0.626. The van der Waals surface area contributed by atoms with E-state index in [4.69, 9.17) is 9.47 Å². The van der Waals surface area contributed by atoms with Gasteiger partial charge in [-0.25, -0.2) is 4.79 Å². The van der Waals surface area contributed by atoms with Crippen LogP contribution in [0.25, 0.3) is 0 Å². The SMILES string of the molecule is CCO[C@@H](Cc1ccc(OC(C)C(=O)NC2CCC(C(C)(C)C)CC2)cc1)C(=O)O. The standard InChI is InChI=1S/C24H37NO5/c1-6-29-21(23(27)28)15-17-7-13-20(14-8-17)30-16(2)22(26)25-19-11-9-18(10-12-19)24(3,4)5/h7-8,13-14,16,18-19,21H,6,9-12,15H2,1-5H3,(H,25,26)(H,27,28)/t16?,18?,19?,21-/m0/s1. The van der Waals surface area contributed by atoms with Crippen LogP contribution in [0.15, 0.2) is 24.3 Å². The van der Waals surface area contributed by atoms with Crippen LogP contribution in [0.5, 0.6) is 5.75 Å². The van der Waals surface area contributed by atoms with E-state index in [1.807, 2.05) is 12.1 Å². The molecule has 0 bridgehead atoms. The predicted octanol–water partition coefficient (Wildman–Crippen LogP) is 4.21. The summed E-state index contributed by atoms with van der Waals surface area (Å²) in [5.74, 6) is 0.224. The third-order valence-electron chi connectivity index (χ3n) is 5.97. The summed E-state index contributed by atoms with van der Waals surface area (Å²) in [6.07, 6.45) is 3.15. The zero-order valence-electron chi connectivity index (χ0n) is 18.9. The zero-order chi connectivity index (χ0) is 22.3. The Morgan fingerprint density at radius 1 is 1.13 bits per heavy atom. The van der Waals surface area contributed by atoms with Gasteiger partial charge < -0.3 is 19.9 Å². The average molecular weight is 420 g/mol. The first-order chi connectivity index (χ1) is 14.1. The fourth-order valence-electron chi connectivity index (χ4n) is 4.02. The van der Waals surface area contributed by atoms with E-state index in [9.17, 15) is 14.7 Å². The maximum atomic E-state index is 12.5. The molecule has 6 heteroatoms. The molecule has 1 unspecified atom stereocenters. The summed E-state index contributed by atoms with van der Waals surface area (Å²) in [7, 11) is 0. The molecular weight excluding hydrogens is 382 g/mol. The number of carbonyl (C=O) groups excluding carboxylic acids is 1. The maximum absolute atomic E-state index is 12.5. The molecule has 2 N–H and O–H groups in total. The zero-order valence-corrected chi connectivity index (χ0v) is 18.9. The van der Waals surface area contributed by atoms with Gasteiger partial charge in [0.05, 0.1) is 0 Å². The molecule has 1 aromatic rings. The van der Waals surface area contributed by atoms with Gasteiger partial charge in [-0.05, 0) is 68.6 Å². The molecule has 168 valence electrons. The van der Waals surface area contributed by atoms with Crippen LogP contribution in [-0.4, -0.2) is 41.8 Å². The number of aliphatic carboxylic acids is 1. The number of rotatable bonds is 9. The van der Waals surface area contributed by atoms with Crippen LogP contribution in [0.2, 0.25) is 0 Å². The Kier molecular flexibility index (Phi) is 8.71. The van der Waals surface area contributed by atoms with E-state index in [2.05, 4.69) is 26.1 Å². The molecule has 0 spiro atoms. The van der Waals surface area contributed by atoms with Gasteiger partial charge in [0.1, 0.15) is 5.75 Å². The lowest BCUT2D eigenvalue weighted by Gasteiger charge is -2.37. The third-order valence-corrected chi connectivity index (χ3v) is 5.97. The van der Waals surface area contributed by atoms with Gasteiger partial charge in [0.2, 0.25) is 0 Å². The minimum absolute atomic E-state index is 0.0967. The summed E-state index contributed by atoms with van der Waals surface area (Å²) in [6, 6.07) is 7.36. The van der Waals surface area contributed by atoms with Gasteiger partial charge in [-0.2, -0.15) is 0 Å². The van der Waals surface area contributed by atoms with E-state index in [0.29, 0.717) is 23.7 Å². The number of hydrogen-bond donors (Lipinski definition) is 2. The van der Waals surface area contributed by atoms with Crippen LogP contribution in [0, 0.1) is 11.3 Å². The van der Waals surface area contributed by atoms with E-state index < -0.39 is 18.2 Å². The second-order valence-corrected chi connectivity index (χ2v) is 9.31. The molecule has 6 nitrogen and oxygen atoms in total. The highest BCUT2D eigenvalue weighted by Crippen LogP contribution is 2.37. The molecule has 0 aliphatic heterocycles. The highest BCUT2D eigenvalue weighted by molar-refractivity contribution is 5.81. The van der Waals surface area contributed by atoms with Crippen LogP contribution in [0.1, 0.15) is 65.9 Å². The van der Waals surface area contributed by atoms with Crippen molar-refractivity contribution < 1.29 is 24.2 Å². The second kappa shape index (κ2) is 10.8. The minimum atomic E-state index is -0.973. The highest BCUT2D eigenvalue weighted by Gasteiger charge is 2.31. The summed E-state index contributed by atoms with van der Waals surface area (Å²) in [4.78, 5) is 23.8. The van der Waals surface area contributed by atoms with Crippen molar-refractivity contribution in [1.29, 1.82) is 0 Å². The number of benzene rings is 1. The normalized spacial score (nSPS) is 21.5. The van der Waals surface area contributed by atoms with E-state index in [1.165, 1.54) is 0 Å². The van der Waals surface area contributed by atoms with Crippen molar-refractivity contribution in [2.24, 2.45) is 11.3 Å².